The number of halogens is 1. The second-order valence-electron chi connectivity index (χ2n) is 8.12. The molecule has 0 aliphatic carbocycles. The van der Waals surface area contributed by atoms with Crippen LogP contribution in [0.1, 0.15) is 54.3 Å². The number of nitrogens with zero attached hydrogens (tertiary/aromatic N) is 2. The van der Waals surface area contributed by atoms with E-state index >= 15 is 0 Å². The maximum Gasteiger partial charge on any atom is 0.128 e. The fourth-order valence-corrected chi connectivity index (χ4v) is 3.67. The van der Waals surface area contributed by atoms with Gasteiger partial charge in [0.2, 0.25) is 0 Å². The molecule has 4 aromatic rings. The van der Waals surface area contributed by atoms with E-state index in [0.29, 0.717) is 0 Å². The second kappa shape index (κ2) is 10.7. The summed E-state index contributed by atoms with van der Waals surface area (Å²) < 4.78 is 13.3. The Morgan fingerprint density at radius 1 is 0.688 bits per heavy atom. The largest absolute Gasteiger partial charge is 0.241 e. The van der Waals surface area contributed by atoms with Gasteiger partial charge < -0.3 is 0 Å². The lowest BCUT2D eigenvalue weighted by molar-refractivity contribution is 0.630. The smallest absolute Gasteiger partial charge is 0.128 e. The minimum Gasteiger partial charge on any atom is -0.241 e. The first kappa shape index (κ1) is 21.7. The van der Waals surface area contributed by atoms with Gasteiger partial charge in [-0.2, -0.15) is 0 Å². The van der Waals surface area contributed by atoms with Crippen molar-refractivity contribution in [3.05, 3.63) is 107 Å². The Hall–Kier alpha value is -3.51. The molecular formula is C29H27FN2. The fourth-order valence-electron chi connectivity index (χ4n) is 3.67. The number of aryl methyl sites for hydroxylation is 3. The van der Waals surface area contributed by atoms with E-state index < -0.39 is 0 Å². The van der Waals surface area contributed by atoms with Gasteiger partial charge in [0, 0.05) is 29.9 Å². The average molecular weight is 423 g/mol. The Balaban J connectivity index is 1.33. The third kappa shape index (κ3) is 6.02. The van der Waals surface area contributed by atoms with Crippen molar-refractivity contribution in [2.45, 2.75) is 45.4 Å². The lowest BCUT2D eigenvalue weighted by atomic mass is 10.1. The van der Waals surface area contributed by atoms with Gasteiger partial charge in [-0.25, -0.2) is 14.4 Å². The van der Waals surface area contributed by atoms with Crippen molar-refractivity contribution in [2.75, 3.05) is 0 Å². The van der Waals surface area contributed by atoms with Gasteiger partial charge >= 0.3 is 0 Å². The maximum atomic E-state index is 13.3. The van der Waals surface area contributed by atoms with Crippen LogP contribution in [0.15, 0.2) is 73.1 Å². The van der Waals surface area contributed by atoms with E-state index in [1.165, 1.54) is 42.5 Å². The van der Waals surface area contributed by atoms with E-state index in [2.05, 4.69) is 53.0 Å². The van der Waals surface area contributed by atoms with Crippen LogP contribution >= 0.6 is 0 Å². The number of hydrogen-bond acceptors (Lipinski definition) is 2. The molecule has 0 saturated carbocycles. The molecule has 1 aromatic heterocycles. The molecule has 3 heteroatoms. The number of hydrogen-bond donors (Lipinski definition) is 0. The third-order valence-electron chi connectivity index (χ3n) is 5.57. The molecule has 0 radical (unpaired) electrons. The van der Waals surface area contributed by atoms with E-state index in [1.807, 2.05) is 30.6 Å². The Kier molecular flexibility index (Phi) is 7.25. The molecule has 0 aliphatic heterocycles. The third-order valence-corrected chi connectivity index (χ3v) is 5.57. The SMILES string of the molecule is CCCCCc1cnc(CCc2ccc(C#Cc3ccc4cc(F)ccc4c3)cc2)nc1. The molecule has 0 bridgehead atoms. The maximum absolute atomic E-state index is 13.3. The summed E-state index contributed by atoms with van der Waals surface area (Å²) in [7, 11) is 0. The Morgan fingerprint density at radius 3 is 2.16 bits per heavy atom. The highest BCUT2D eigenvalue weighted by molar-refractivity contribution is 5.83. The first-order chi connectivity index (χ1) is 15.7. The molecule has 0 N–H and O–H groups in total. The van der Waals surface area contributed by atoms with E-state index in [-0.39, 0.29) is 5.82 Å². The lowest BCUT2D eigenvalue weighted by Crippen LogP contribution is -1.99. The summed E-state index contributed by atoms with van der Waals surface area (Å²) in [6, 6.07) is 19.0. The predicted octanol–water partition coefficient (Wildman–Crippen LogP) is 6.69. The summed E-state index contributed by atoms with van der Waals surface area (Å²) in [4.78, 5) is 9.05. The monoisotopic (exact) mass is 422 g/mol. The van der Waals surface area contributed by atoms with Crippen LogP contribution in [-0.4, -0.2) is 9.97 Å². The molecule has 0 unspecified atom stereocenters. The van der Waals surface area contributed by atoms with Gasteiger partial charge in [0.05, 0.1) is 0 Å². The Bertz CT molecular complexity index is 1230. The zero-order valence-corrected chi connectivity index (χ0v) is 18.4. The molecule has 0 fully saturated rings. The lowest BCUT2D eigenvalue weighted by Gasteiger charge is -2.03. The van der Waals surface area contributed by atoms with Crippen LogP contribution in [0.4, 0.5) is 4.39 Å². The molecule has 0 atom stereocenters. The molecule has 1 heterocycles. The zero-order valence-electron chi connectivity index (χ0n) is 18.4. The zero-order chi connectivity index (χ0) is 22.2. The van der Waals surface area contributed by atoms with Crippen molar-refractivity contribution >= 4 is 10.8 Å². The van der Waals surface area contributed by atoms with E-state index in [4.69, 9.17) is 0 Å². The predicted molar refractivity (Wildman–Crippen MR) is 129 cm³/mol. The van der Waals surface area contributed by atoms with Gasteiger partial charge in [-0.15, -0.1) is 0 Å². The van der Waals surface area contributed by atoms with Gasteiger partial charge in [0.1, 0.15) is 11.6 Å². The van der Waals surface area contributed by atoms with E-state index in [0.717, 1.165) is 47.0 Å². The summed E-state index contributed by atoms with van der Waals surface area (Å²) in [6.07, 6.45) is 10.4. The van der Waals surface area contributed by atoms with Crippen molar-refractivity contribution in [1.82, 2.24) is 9.97 Å². The number of benzene rings is 3. The van der Waals surface area contributed by atoms with E-state index in [1.54, 1.807) is 6.07 Å². The summed E-state index contributed by atoms with van der Waals surface area (Å²) in [5.74, 6) is 7.09. The standard InChI is InChI=1S/C29H27FN2/c1-2-3-4-5-25-20-31-29(32-21-25)17-13-23-8-6-22(7-9-23)10-11-24-12-14-27-19-28(30)16-15-26(27)18-24/h6-9,12,14-16,18-21H,2-5,13,17H2,1H3. The number of fused-ring (bicyclic) bond motifs is 1. The average Bonchev–Trinajstić information content (AvgIpc) is 2.83. The minimum atomic E-state index is -0.220. The number of unbranched alkanes of at least 4 members (excludes halogenated alkanes) is 2. The first-order valence-electron chi connectivity index (χ1n) is 11.3. The topological polar surface area (TPSA) is 25.8 Å². The highest BCUT2D eigenvalue weighted by atomic mass is 19.1. The molecule has 0 saturated heterocycles. The first-order valence-corrected chi connectivity index (χ1v) is 11.3. The van der Waals surface area contributed by atoms with Gasteiger partial charge in [-0.1, -0.05) is 55.9 Å². The minimum absolute atomic E-state index is 0.220. The van der Waals surface area contributed by atoms with Crippen molar-refractivity contribution in [3.8, 4) is 11.8 Å². The fraction of sp³-hybridized carbons (Fsp3) is 0.241. The molecule has 2 nitrogen and oxygen atoms in total. The summed E-state index contributed by atoms with van der Waals surface area (Å²) >= 11 is 0. The number of aromatic nitrogens is 2. The summed E-state index contributed by atoms with van der Waals surface area (Å²) in [5.41, 5.74) is 4.37. The molecule has 0 aliphatic rings. The van der Waals surface area contributed by atoms with E-state index in [9.17, 15) is 4.39 Å². The normalized spacial score (nSPS) is 10.7. The van der Waals surface area contributed by atoms with Crippen molar-refractivity contribution in [2.24, 2.45) is 0 Å². The van der Waals surface area contributed by atoms with Crippen molar-refractivity contribution in [1.29, 1.82) is 0 Å². The highest BCUT2D eigenvalue weighted by Gasteiger charge is 2.01. The molecule has 3 aromatic carbocycles. The van der Waals surface area contributed by atoms with Crippen LogP contribution in [0.5, 0.6) is 0 Å². The van der Waals surface area contributed by atoms with Gasteiger partial charge in [-0.3, -0.25) is 0 Å². The van der Waals surface area contributed by atoms with Gasteiger partial charge in [0.25, 0.3) is 0 Å². The Labute approximate surface area is 189 Å². The van der Waals surface area contributed by atoms with Gasteiger partial charge in [-0.05, 0) is 77.6 Å². The van der Waals surface area contributed by atoms with Crippen molar-refractivity contribution in [3.63, 3.8) is 0 Å². The van der Waals surface area contributed by atoms with Gasteiger partial charge in [0.15, 0.2) is 0 Å². The van der Waals surface area contributed by atoms with Crippen molar-refractivity contribution < 1.29 is 4.39 Å². The molecule has 0 spiro atoms. The molecule has 0 amide bonds. The summed E-state index contributed by atoms with van der Waals surface area (Å²) in [5, 5.41) is 1.87. The molecule has 4 rings (SSSR count). The Morgan fingerprint density at radius 2 is 1.38 bits per heavy atom. The van der Waals surface area contributed by atoms with Crippen LogP contribution in [0, 0.1) is 17.7 Å². The quantitative estimate of drug-likeness (QED) is 0.245. The van der Waals surface area contributed by atoms with Crippen LogP contribution in [0.25, 0.3) is 10.8 Å². The van der Waals surface area contributed by atoms with Crippen LogP contribution in [0.3, 0.4) is 0 Å². The van der Waals surface area contributed by atoms with Crippen LogP contribution in [0.2, 0.25) is 0 Å². The molecular weight excluding hydrogens is 395 g/mol. The van der Waals surface area contributed by atoms with Crippen LogP contribution < -0.4 is 0 Å². The molecule has 160 valence electrons. The second-order valence-corrected chi connectivity index (χ2v) is 8.12. The number of rotatable bonds is 7. The molecule has 32 heavy (non-hydrogen) atoms. The van der Waals surface area contributed by atoms with Crippen LogP contribution in [-0.2, 0) is 19.3 Å². The highest BCUT2D eigenvalue weighted by Crippen LogP contribution is 2.17. The summed E-state index contributed by atoms with van der Waals surface area (Å²) in [6.45, 7) is 2.22.